The van der Waals surface area contributed by atoms with Crippen LogP contribution in [-0.2, 0) is 102 Å². The fraction of sp³-hybridized carbons (Fsp3) is 0.537. The monoisotopic (exact) mass is 1270 g/mol. The van der Waals surface area contributed by atoms with E-state index in [0.29, 0.717) is 176 Å². The van der Waals surface area contributed by atoms with Crippen molar-refractivity contribution in [1.82, 2.24) is 25.8 Å². The molecule has 0 bridgehead atoms. The number of benzene rings is 3. The van der Waals surface area contributed by atoms with Gasteiger partial charge in [0.25, 0.3) is 0 Å². The normalized spacial score (nSPS) is 14.8. The number of alkyl carbamates (subject to hydrolysis) is 1. The number of rotatable bonds is 46. The number of halogens is 1. The molecule has 3 unspecified atom stereocenters. The molecular weight excluding hydrogens is 1180 g/mol. The van der Waals surface area contributed by atoms with Gasteiger partial charge in [-0.1, -0.05) is 56.3 Å². The van der Waals surface area contributed by atoms with Crippen molar-refractivity contribution in [3.63, 3.8) is 0 Å². The number of aromatic nitrogens is 1. The molecule has 0 saturated carbocycles. The molecule has 91 heavy (non-hydrogen) atoms. The van der Waals surface area contributed by atoms with Gasteiger partial charge in [0, 0.05) is 74.3 Å². The maximum atomic E-state index is 15.5. The largest absolute Gasteiger partial charge is 0.445 e. The maximum absolute atomic E-state index is 15.5. The number of methoxy groups -OCH3 is 1. The first kappa shape index (κ1) is 73.0. The van der Waals surface area contributed by atoms with E-state index in [9.17, 15) is 28.8 Å². The molecule has 0 saturated heterocycles. The van der Waals surface area contributed by atoms with E-state index in [-0.39, 0.29) is 45.8 Å². The molecule has 2 aliphatic rings. The quantitative estimate of drug-likeness (QED) is 0.0209. The Hall–Kier alpha value is -7.10. The van der Waals surface area contributed by atoms with Gasteiger partial charge in [0.2, 0.25) is 17.7 Å². The highest BCUT2D eigenvalue weighted by atomic mass is 19.1. The first-order chi connectivity index (χ1) is 44.4. The maximum Gasteiger partial charge on any atom is 0.407 e. The van der Waals surface area contributed by atoms with Gasteiger partial charge in [0.05, 0.1) is 148 Å². The van der Waals surface area contributed by atoms with Crippen LogP contribution < -0.4 is 21.3 Å². The minimum Gasteiger partial charge on any atom is -0.445 e. The van der Waals surface area contributed by atoms with Gasteiger partial charge in [0.1, 0.15) is 31.0 Å². The van der Waals surface area contributed by atoms with E-state index in [4.69, 9.17) is 57.1 Å². The summed E-state index contributed by atoms with van der Waals surface area (Å²) in [6.45, 7) is 13.6. The number of hydrogen-bond acceptors (Lipinski definition) is 19. The van der Waals surface area contributed by atoms with Gasteiger partial charge in [-0.3, -0.25) is 19.2 Å². The van der Waals surface area contributed by atoms with E-state index in [1.807, 2.05) is 49.2 Å². The van der Waals surface area contributed by atoms with E-state index in [0.717, 1.165) is 47.0 Å². The number of anilines is 1. The van der Waals surface area contributed by atoms with Gasteiger partial charge in [-0.2, -0.15) is 0 Å². The fourth-order valence-corrected chi connectivity index (χ4v) is 10.3. The van der Waals surface area contributed by atoms with Gasteiger partial charge < -0.3 is 83.1 Å². The Morgan fingerprint density at radius 2 is 1.30 bits per heavy atom. The number of aldehydes is 2. The number of nitrogens with zero attached hydrogens (tertiary/aromatic N) is 2. The van der Waals surface area contributed by atoms with Gasteiger partial charge >= 0.3 is 6.09 Å². The number of pyridine rings is 1. The number of nitrogens with one attached hydrogen (secondary N) is 4. The highest BCUT2D eigenvalue weighted by Gasteiger charge is 2.36. The number of carbonyl (C=O) groups excluding carboxylic acids is 6. The third kappa shape index (κ3) is 24.5. The highest BCUT2D eigenvalue weighted by Crippen LogP contribution is 2.45. The van der Waals surface area contributed by atoms with Gasteiger partial charge in [-0.15, -0.1) is 0 Å². The van der Waals surface area contributed by atoms with E-state index in [1.165, 1.54) is 13.2 Å². The Morgan fingerprint density at radius 1 is 0.725 bits per heavy atom. The molecule has 0 radical (unpaired) electrons. The zero-order valence-electron chi connectivity index (χ0n) is 53.2. The lowest BCUT2D eigenvalue weighted by atomic mass is 9.82. The molecular formula is C67H91FN6O17. The Balaban J connectivity index is 0.862. The molecule has 0 fully saturated rings. The molecule has 0 spiro atoms. The van der Waals surface area contributed by atoms with Crippen LogP contribution in [0.25, 0.3) is 16.6 Å². The van der Waals surface area contributed by atoms with Crippen LogP contribution in [0.1, 0.15) is 84.6 Å². The standard InChI is InChI=1S/C67H91FN6O17/c1-6-20-82-22-24-84-26-28-86-30-32-88-34-36-90-37-35-89-33-31-87-29-27-85-25-23-83-21-19-61(77)71-59(38-48-11-9-8-10-12-48)66(79)69-41-62(78)70-52-15-13-49(14-16-52)45-91-67(80)73-57-18-17-53-47(3)56(68)40-58-63(53)64(57)55-42-74(4)60(65(55)72-58)39-54(50(7-2)43-75)51(44-76)46-81-5/h8-16,39-40,43-44,50,57,59H,6-7,17-38,41-42,45-46H2,1-5H3,(H,69,79)(H,70,78)(H,71,77)(H,73,80)/b54-51-,60-39-. The molecule has 1 aliphatic heterocycles. The van der Waals surface area contributed by atoms with Crippen molar-refractivity contribution in [2.45, 2.75) is 84.5 Å². The molecule has 1 aliphatic carbocycles. The molecule has 3 aromatic carbocycles. The Labute approximate surface area is 532 Å². The summed E-state index contributed by atoms with van der Waals surface area (Å²) in [5, 5.41) is 12.0. The van der Waals surface area contributed by atoms with Crippen molar-refractivity contribution in [2.24, 2.45) is 5.92 Å². The molecule has 6 rings (SSSR count). The third-order valence-corrected chi connectivity index (χ3v) is 15.0. The molecule has 23 nitrogen and oxygen atoms in total. The van der Waals surface area contributed by atoms with Crippen molar-refractivity contribution < 1.29 is 85.3 Å². The lowest BCUT2D eigenvalue weighted by Crippen LogP contribution is -2.49. The molecule has 1 aromatic heterocycles. The second kappa shape index (κ2) is 41.4. The zero-order chi connectivity index (χ0) is 65.0. The number of ether oxygens (including phenoxy) is 11. The minimum absolute atomic E-state index is 0.00480. The van der Waals surface area contributed by atoms with Crippen LogP contribution >= 0.6 is 0 Å². The highest BCUT2D eigenvalue weighted by molar-refractivity contribution is 5.96. The number of carbonyl (C=O) groups is 6. The topological polar surface area (TPSA) is 268 Å². The van der Waals surface area contributed by atoms with Crippen LogP contribution in [0.3, 0.4) is 0 Å². The van der Waals surface area contributed by atoms with Gasteiger partial charge in [-0.25, -0.2) is 14.2 Å². The predicted octanol–water partition coefficient (Wildman–Crippen LogP) is 6.48. The third-order valence-electron chi connectivity index (χ3n) is 15.0. The van der Waals surface area contributed by atoms with Crippen molar-refractivity contribution in [2.75, 3.05) is 152 Å². The predicted molar refractivity (Wildman–Crippen MR) is 338 cm³/mol. The van der Waals surface area contributed by atoms with E-state index in [1.54, 1.807) is 37.3 Å². The SMILES string of the molecule is CCCOCCOCCOCCOCCOCCOCCOCCOCCOCCC(=O)NC(Cc1ccccc1)C(=O)NCC(=O)Nc1ccc(COC(=O)NC2CCc3c(C)c(F)cc4nc5c(c2c34)CN(C)/C5=C\C(=C(/C=O)COC)C(C=O)CC)cc1. The number of amides is 4. The van der Waals surface area contributed by atoms with Crippen molar-refractivity contribution >= 4 is 58.7 Å². The molecule has 4 N–H and O–H groups in total. The Morgan fingerprint density at radius 3 is 1.84 bits per heavy atom. The molecule has 498 valence electrons. The molecule has 24 heteroatoms. The number of hydrogen-bond donors (Lipinski definition) is 4. The van der Waals surface area contributed by atoms with Gasteiger partial charge in [0.15, 0.2) is 0 Å². The summed E-state index contributed by atoms with van der Waals surface area (Å²) in [6, 6.07) is 15.8. The second-order valence-electron chi connectivity index (χ2n) is 21.6. The molecule has 4 aromatic rings. The molecule has 2 heterocycles. The first-order valence-corrected chi connectivity index (χ1v) is 31.2. The van der Waals surface area contributed by atoms with E-state index < -0.39 is 47.6 Å². The second-order valence-corrected chi connectivity index (χ2v) is 21.6. The number of fused-ring (bicyclic) bond motifs is 2. The van der Waals surface area contributed by atoms with Crippen molar-refractivity contribution in [1.29, 1.82) is 0 Å². The summed E-state index contributed by atoms with van der Waals surface area (Å²) in [5.41, 5.74) is 7.31. The van der Waals surface area contributed by atoms with Crippen LogP contribution in [-0.4, -0.2) is 199 Å². The van der Waals surface area contributed by atoms with Crippen LogP contribution in [0.5, 0.6) is 0 Å². The molecule has 3 atom stereocenters. The number of aryl methyl sites for hydroxylation is 1. The fourth-order valence-electron chi connectivity index (χ4n) is 10.3. The average molecular weight is 1270 g/mol. The summed E-state index contributed by atoms with van der Waals surface area (Å²) in [5.74, 6) is -2.43. The average Bonchev–Trinajstić information content (AvgIpc) is 1.71. The summed E-state index contributed by atoms with van der Waals surface area (Å²) >= 11 is 0. The van der Waals surface area contributed by atoms with Crippen molar-refractivity contribution in [3.05, 3.63) is 123 Å². The van der Waals surface area contributed by atoms with Crippen molar-refractivity contribution in [3.8, 4) is 0 Å². The smallest absolute Gasteiger partial charge is 0.407 e. The van der Waals surface area contributed by atoms with E-state index in [2.05, 4.69) is 28.2 Å². The summed E-state index contributed by atoms with van der Waals surface area (Å²) < 4.78 is 76.0. The first-order valence-electron chi connectivity index (χ1n) is 31.2. The summed E-state index contributed by atoms with van der Waals surface area (Å²) in [7, 11) is 3.35. The van der Waals surface area contributed by atoms with E-state index >= 15 is 4.39 Å². The Bertz CT molecular complexity index is 2990. The summed E-state index contributed by atoms with van der Waals surface area (Å²) in [4.78, 5) is 84.7. The van der Waals surface area contributed by atoms with Crippen LogP contribution in [0.4, 0.5) is 14.9 Å². The molecule has 4 amide bonds. The van der Waals surface area contributed by atoms with Crippen LogP contribution in [0, 0.1) is 18.7 Å². The number of allylic oxidation sites excluding steroid dienone is 2. The van der Waals surface area contributed by atoms with Gasteiger partial charge in [-0.05, 0) is 84.2 Å². The summed E-state index contributed by atoms with van der Waals surface area (Å²) in [6.07, 6.45) is 5.19. The zero-order valence-corrected chi connectivity index (χ0v) is 53.2. The van der Waals surface area contributed by atoms with Crippen LogP contribution in [0.15, 0.2) is 77.9 Å². The lowest BCUT2D eigenvalue weighted by molar-refractivity contribution is -0.130. The lowest BCUT2D eigenvalue weighted by Gasteiger charge is -2.29. The van der Waals surface area contributed by atoms with Crippen LogP contribution in [0.2, 0.25) is 0 Å². The Kier molecular flexibility index (Phi) is 33.2. The minimum atomic E-state index is -0.975.